The van der Waals surface area contributed by atoms with E-state index in [2.05, 4.69) is 68.6 Å². The number of aromatic nitrogens is 1. The van der Waals surface area contributed by atoms with Gasteiger partial charge in [-0.3, -0.25) is 4.84 Å². The molecule has 0 radical (unpaired) electrons. The van der Waals surface area contributed by atoms with Gasteiger partial charge in [0.1, 0.15) is 5.82 Å². The molecule has 8 nitrogen and oxygen atoms in total. The van der Waals surface area contributed by atoms with Gasteiger partial charge < -0.3 is 9.62 Å². The summed E-state index contributed by atoms with van der Waals surface area (Å²) in [5.41, 5.74) is 1.97. The van der Waals surface area contributed by atoms with E-state index in [1.165, 1.54) is 70.0 Å². The van der Waals surface area contributed by atoms with Gasteiger partial charge in [-0.15, -0.1) is 34.8 Å². The van der Waals surface area contributed by atoms with Crippen LogP contribution in [-0.2, 0) is 9.63 Å². The van der Waals surface area contributed by atoms with E-state index in [0.717, 1.165) is 57.8 Å². The summed E-state index contributed by atoms with van der Waals surface area (Å²) in [6.45, 7) is 21.7. The molecule has 3 atom stereocenters. The zero-order valence-corrected chi connectivity index (χ0v) is 37.5. The molecule has 14 heteroatoms. The fraction of sp³-hybridized carbons (Fsp3) is 0.722. The molecule has 4 rings (SSSR count). The fourth-order valence-corrected chi connectivity index (χ4v) is 12.0. The van der Waals surface area contributed by atoms with E-state index >= 15 is 0 Å². The lowest BCUT2D eigenvalue weighted by molar-refractivity contribution is -0.143. The minimum absolute atomic E-state index is 0.118. The van der Waals surface area contributed by atoms with Crippen LogP contribution in [0, 0.1) is 16.7 Å². The first-order valence-corrected chi connectivity index (χ1v) is 22.8. The summed E-state index contributed by atoms with van der Waals surface area (Å²) < 4.78 is 7.72. The lowest BCUT2D eigenvalue weighted by Crippen LogP contribution is -2.34. The van der Waals surface area contributed by atoms with Gasteiger partial charge in [0.2, 0.25) is 0 Å². The third kappa shape index (κ3) is 18.1. The van der Waals surface area contributed by atoms with Crippen molar-refractivity contribution in [3.63, 3.8) is 0 Å². The Morgan fingerprint density at radius 3 is 2.22 bits per heavy atom. The van der Waals surface area contributed by atoms with Gasteiger partial charge >= 0.3 is 5.97 Å². The van der Waals surface area contributed by atoms with Crippen LogP contribution in [0.1, 0.15) is 113 Å². The molecule has 4 heterocycles. The standard InChI is InChI=1S/C29H42Br2ClN5O3S3.C3H6.2C2H6/c1-19(6-7-26(38)40-35-39)20(2)34-42-23-16-25(31)29(33-18-23)36-12-8-21(9-13-36)4-3-5-22-10-14-37(15-11-22)43-27-17-24(30)28(32)41-27;1-3-2;2*1-2/h16,18,21-22,24,27-28,34H,3-15,17H2,1-2H3;3H,1H2,2H3;2*1-2H3/b20-19-;;;. The van der Waals surface area contributed by atoms with Crippen molar-refractivity contribution in [3.8, 4) is 0 Å². The van der Waals surface area contributed by atoms with Crippen molar-refractivity contribution in [2.75, 3.05) is 31.1 Å². The summed E-state index contributed by atoms with van der Waals surface area (Å²) >= 11 is 19.3. The van der Waals surface area contributed by atoms with E-state index in [0.29, 0.717) is 15.8 Å². The second-order valence-electron chi connectivity index (χ2n) is 12.0. The van der Waals surface area contributed by atoms with Gasteiger partial charge in [0.25, 0.3) is 0 Å². The molecule has 1 aromatic rings. The Morgan fingerprint density at radius 2 is 1.70 bits per heavy atom. The topological polar surface area (TPSA) is 87.1 Å². The summed E-state index contributed by atoms with van der Waals surface area (Å²) in [5, 5.41) is 2.17. The maximum Gasteiger partial charge on any atom is 0.338 e. The molecule has 1 aromatic heterocycles. The Morgan fingerprint density at radius 1 is 1.12 bits per heavy atom. The SMILES string of the molecule is C/C(CCC(=O)ON=O)=C(\C)NSc1cnc(N2CCC(CCCC3CCN(SC4CC(Br)C(Cl)S4)CC3)CC2)c(Br)c1.C=CC.CC.CC. The van der Waals surface area contributed by atoms with Crippen molar-refractivity contribution in [2.45, 2.75) is 132 Å². The van der Waals surface area contributed by atoms with Crippen LogP contribution in [0.5, 0.6) is 0 Å². The van der Waals surface area contributed by atoms with Crippen molar-refractivity contribution >= 4 is 90.9 Å². The predicted octanol–water partition coefficient (Wildman–Crippen LogP) is 12.5. The number of carbonyl (C=O) groups excluding carboxylic acids is 1. The Kier molecular flexibility index (Phi) is 26.7. The van der Waals surface area contributed by atoms with Crippen molar-refractivity contribution in [2.24, 2.45) is 17.2 Å². The van der Waals surface area contributed by atoms with E-state index in [4.69, 9.17) is 16.6 Å². The molecule has 50 heavy (non-hydrogen) atoms. The predicted molar refractivity (Wildman–Crippen MR) is 228 cm³/mol. The largest absolute Gasteiger partial charge is 0.356 e. The number of hydrogen-bond acceptors (Lipinski definition) is 11. The monoisotopic (exact) mass is 899 g/mol. The van der Waals surface area contributed by atoms with Gasteiger partial charge in [-0.05, 0) is 105 Å². The summed E-state index contributed by atoms with van der Waals surface area (Å²) in [6.07, 6.45) is 14.6. The first kappa shape index (κ1) is 47.6. The lowest BCUT2D eigenvalue weighted by atomic mass is 9.87. The zero-order chi connectivity index (χ0) is 37.5. The van der Waals surface area contributed by atoms with Crippen molar-refractivity contribution in [1.82, 2.24) is 14.0 Å². The molecular formula is C36H60Br2ClN5O3S3. The van der Waals surface area contributed by atoms with Gasteiger partial charge in [-0.25, -0.2) is 14.1 Å². The van der Waals surface area contributed by atoms with Crippen molar-refractivity contribution in [3.05, 3.63) is 45.6 Å². The average Bonchev–Trinajstić information content (AvgIpc) is 3.45. The molecule has 0 saturated carbocycles. The van der Waals surface area contributed by atoms with Crippen molar-refractivity contribution in [1.29, 1.82) is 0 Å². The Bertz CT molecular complexity index is 1150. The molecule has 3 unspecified atom stereocenters. The summed E-state index contributed by atoms with van der Waals surface area (Å²) in [5.74, 6) is 2.10. The normalized spacial score (nSPS) is 21.6. The highest BCUT2D eigenvalue weighted by Gasteiger charge is 2.34. The molecule has 0 aliphatic carbocycles. The number of carbonyl (C=O) groups is 1. The Balaban J connectivity index is 0.00000166. The molecule has 3 saturated heterocycles. The number of anilines is 1. The smallest absolute Gasteiger partial charge is 0.338 e. The van der Waals surface area contributed by atoms with Gasteiger partial charge in [0.15, 0.2) is 5.34 Å². The van der Waals surface area contributed by atoms with E-state index < -0.39 is 5.97 Å². The van der Waals surface area contributed by atoms with Gasteiger partial charge in [-0.1, -0.05) is 86.5 Å². The maximum absolute atomic E-state index is 11.3. The molecule has 0 aromatic carbocycles. The average molecular weight is 902 g/mol. The minimum atomic E-state index is -0.623. The van der Waals surface area contributed by atoms with Crippen LogP contribution in [-0.4, -0.2) is 55.6 Å². The summed E-state index contributed by atoms with van der Waals surface area (Å²) in [4.78, 5) is 34.1. The van der Waals surface area contributed by atoms with Crippen LogP contribution < -0.4 is 9.62 Å². The van der Waals surface area contributed by atoms with Crippen LogP contribution in [0.2, 0.25) is 0 Å². The van der Waals surface area contributed by atoms with Gasteiger partial charge in [0, 0.05) is 47.8 Å². The highest BCUT2D eigenvalue weighted by molar-refractivity contribution is 9.10. The lowest BCUT2D eigenvalue weighted by Gasteiger charge is -2.34. The van der Waals surface area contributed by atoms with E-state index in [1.54, 1.807) is 6.08 Å². The highest BCUT2D eigenvalue weighted by Crippen LogP contribution is 2.47. The number of piperidine rings is 2. The highest BCUT2D eigenvalue weighted by atomic mass is 79.9. The molecule has 3 aliphatic rings. The number of nitrogens with one attached hydrogen (secondary N) is 1. The number of halogens is 3. The number of hydrogen-bond donors (Lipinski definition) is 1. The molecular weight excluding hydrogens is 842 g/mol. The van der Waals surface area contributed by atoms with Crippen LogP contribution in [0.4, 0.5) is 5.82 Å². The number of thioether (sulfide) groups is 1. The number of nitrogens with zero attached hydrogens (tertiary/aromatic N) is 4. The number of rotatable bonds is 14. The first-order chi connectivity index (χ1) is 24.1. The van der Waals surface area contributed by atoms with Crippen LogP contribution >= 0.6 is 79.1 Å². The summed E-state index contributed by atoms with van der Waals surface area (Å²) in [7, 11) is 0. The van der Waals surface area contributed by atoms with Crippen molar-refractivity contribution < 1.29 is 9.63 Å². The first-order valence-electron chi connectivity index (χ1n) is 18.1. The second-order valence-corrected chi connectivity index (χ2v) is 18.6. The molecule has 0 bridgehead atoms. The number of pyridine rings is 1. The minimum Gasteiger partial charge on any atom is -0.356 e. The van der Waals surface area contributed by atoms with Crippen LogP contribution in [0.15, 0.2) is 50.9 Å². The maximum atomic E-state index is 11.3. The third-order valence-corrected chi connectivity index (χ3v) is 15.0. The number of alkyl halides is 2. The van der Waals surface area contributed by atoms with Crippen LogP contribution in [0.25, 0.3) is 0 Å². The van der Waals surface area contributed by atoms with Gasteiger partial charge in [-0.2, -0.15) is 0 Å². The van der Waals surface area contributed by atoms with E-state index in [1.807, 2.05) is 78.4 Å². The molecule has 3 fully saturated rings. The third-order valence-electron chi connectivity index (χ3n) is 8.56. The van der Waals surface area contributed by atoms with Gasteiger partial charge in [0.05, 0.1) is 20.2 Å². The number of allylic oxidation sites excluding steroid dienone is 3. The summed E-state index contributed by atoms with van der Waals surface area (Å²) in [6, 6.07) is 2.10. The molecule has 286 valence electrons. The molecule has 1 N–H and O–H groups in total. The van der Waals surface area contributed by atoms with E-state index in [-0.39, 0.29) is 11.1 Å². The Hall–Kier alpha value is -0.440. The Labute approximate surface area is 337 Å². The second kappa shape index (κ2) is 28.1. The fourth-order valence-electron chi connectivity index (χ4n) is 5.73. The zero-order valence-electron chi connectivity index (χ0n) is 31.1. The van der Waals surface area contributed by atoms with E-state index in [9.17, 15) is 9.70 Å². The molecule has 0 spiro atoms. The molecule has 3 aliphatic heterocycles. The van der Waals surface area contributed by atoms with Crippen LogP contribution in [0.3, 0.4) is 0 Å². The molecule has 0 amide bonds. The quantitative estimate of drug-likeness (QED) is 0.0640.